The number of fused-ring (bicyclic) bond motifs is 1. The molecule has 3 aromatic carbocycles. The van der Waals surface area contributed by atoms with Gasteiger partial charge in [-0.3, -0.25) is 19.2 Å². The molecule has 1 fully saturated rings. The van der Waals surface area contributed by atoms with E-state index in [2.05, 4.69) is 16.0 Å². The Balaban J connectivity index is 1.56. The van der Waals surface area contributed by atoms with E-state index in [-0.39, 0.29) is 42.8 Å². The summed E-state index contributed by atoms with van der Waals surface area (Å²) < 4.78 is 0. The largest absolute Gasteiger partial charge is 0.356 e. The van der Waals surface area contributed by atoms with Crippen molar-refractivity contribution < 1.29 is 24.0 Å². The van der Waals surface area contributed by atoms with Gasteiger partial charge in [0.1, 0.15) is 6.29 Å². The van der Waals surface area contributed by atoms with Gasteiger partial charge in [0.2, 0.25) is 17.7 Å². The van der Waals surface area contributed by atoms with E-state index >= 15 is 0 Å². The van der Waals surface area contributed by atoms with Gasteiger partial charge in [-0.15, -0.1) is 0 Å². The standard InChI is InChI=1S/C37H45N3O5/c1-24(2)19-28(35(44)40-33(23-41)37(3,4)30-17-18-38-36(30)45)22-32(42)31(39-34(43)20-25-11-6-5-7-12-25)21-27-15-10-14-26-13-8-9-16-29(26)27/h5-16,23-24,28,30-31,33H,17-22H2,1-4H3,(H,38,45)(H,39,43)(H,40,44)/t28-,30-,31+,33-/m1/s1. The Bertz CT molecular complexity index is 1510. The van der Waals surface area contributed by atoms with E-state index in [1.54, 1.807) is 0 Å². The predicted octanol–water partition coefficient (Wildman–Crippen LogP) is 4.58. The van der Waals surface area contributed by atoms with E-state index in [1.807, 2.05) is 100 Å². The van der Waals surface area contributed by atoms with Crippen molar-refractivity contribution in [3.05, 3.63) is 83.9 Å². The summed E-state index contributed by atoms with van der Waals surface area (Å²) in [6.07, 6.45) is 2.00. The molecule has 4 rings (SSSR count). The summed E-state index contributed by atoms with van der Waals surface area (Å²) in [6.45, 7) is 8.11. The van der Waals surface area contributed by atoms with Crippen LogP contribution >= 0.6 is 0 Å². The van der Waals surface area contributed by atoms with Crippen molar-refractivity contribution in [2.24, 2.45) is 23.2 Å². The van der Waals surface area contributed by atoms with Crippen molar-refractivity contribution >= 4 is 40.6 Å². The van der Waals surface area contributed by atoms with E-state index in [1.165, 1.54) is 0 Å². The predicted molar refractivity (Wildman–Crippen MR) is 175 cm³/mol. The lowest BCUT2D eigenvalue weighted by molar-refractivity contribution is -0.135. The number of rotatable bonds is 15. The lowest BCUT2D eigenvalue weighted by Crippen LogP contribution is -2.53. The molecule has 8 nitrogen and oxygen atoms in total. The summed E-state index contributed by atoms with van der Waals surface area (Å²) in [4.78, 5) is 65.7. The highest BCUT2D eigenvalue weighted by molar-refractivity contribution is 5.94. The number of hydrogen-bond donors (Lipinski definition) is 3. The summed E-state index contributed by atoms with van der Waals surface area (Å²) in [6, 6.07) is 21.4. The molecular weight excluding hydrogens is 566 g/mol. The van der Waals surface area contributed by atoms with Crippen LogP contribution in [0, 0.1) is 23.2 Å². The Morgan fingerprint density at radius 1 is 0.956 bits per heavy atom. The summed E-state index contributed by atoms with van der Waals surface area (Å²) in [7, 11) is 0. The zero-order valence-electron chi connectivity index (χ0n) is 26.7. The number of hydrogen-bond acceptors (Lipinski definition) is 5. The van der Waals surface area contributed by atoms with Gasteiger partial charge >= 0.3 is 0 Å². The molecule has 8 heteroatoms. The van der Waals surface area contributed by atoms with E-state index < -0.39 is 35.2 Å². The van der Waals surface area contributed by atoms with Crippen LogP contribution < -0.4 is 16.0 Å². The average Bonchev–Trinajstić information content (AvgIpc) is 3.46. The monoisotopic (exact) mass is 611 g/mol. The van der Waals surface area contributed by atoms with Gasteiger partial charge in [0.25, 0.3) is 0 Å². The molecule has 0 unspecified atom stereocenters. The molecule has 0 radical (unpaired) electrons. The molecule has 0 aliphatic carbocycles. The molecule has 1 saturated heterocycles. The minimum atomic E-state index is -0.902. The Morgan fingerprint density at radius 2 is 1.64 bits per heavy atom. The van der Waals surface area contributed by atoms with Gasteiger partial charge in [-0.05, 0) is 40.7 Å². The molecule has 3 aromatic rings. The molecule has 45 heavy (non-hydrogen) atoms. The first kappa shape index (κ1) is 33.6. The molecule has 1 heterocycles. The van der Waals surface area contributed by atoms with Gasteiger partial charge in [-0.1, -0.05) is 100 Å². The number of benzene rings is 3. The molecule has 3 amide bonds. The molecule has 3 N–H and O–H groups in total. The molecule has 0 bridgehead atoms. The molecule has 0 aromatic heterocycles. The van der Waals surface area contributed by atoms with Crippen molar-refractivity contribution in [3.63, 3.8) is 0 Å². The van der Waals surface area contributed by atoms with Gasteiger partial charge < -0.3 is 20.7 Å². The van der Waals surface area contributed by atoms with Crippen LogP contribution in [0.5, 0.6) is 0 Å². The van der Waals surface area contributed by atoms with Crippen molar-refractivity contribution in [2.45, 2.75) is 71.9 Å². The third kappa shape index (κ3) is 8.65. The van der Waals surface area contributed by atoms with Crippen molar-refractivity contribution in [1.29, 1.82) is 0 Å². The highest BCUT2D eigenvalue weighted by Crippen LogP contribution is 2.35. The third-order valence-electron chi connectivity index (χ3n) is 8.99. The highest BCUT2D eigenvalue weighted by atomic mass is 16.2. The lowest BCUT2D eigenvalue weighted by Gasteiger charge is -2.36. The van der Waals surface area contributed by atoms with Crippen LogP contribution in [0.1, 0.15) is 58.1 Å². The first-order valence-corrected chi connectivity index (χ1v) is 15.9. The van der Waals surface area contributed by atoms with E-state index in [0.29, 0.717) is 25.7 Å². The lowest BCUT2D eigenvalue weighted by atomic mass is 9.72. The number of carbonyl (C=O) groups excluding carboxylic acids is 5. The van der Waals surface area contributed by atoms with Crippen LogP contribution in [0.4, 0.5) is 0 Å². The SMILES string of the molecule is CC(C)C[C@H](CC(=O)[C@H](Cc1cccc2ccccc12)NC(=O)Cc1ccccc1)C(=O)N[C@H](C=O)C(C)(C)[C@@H]1CCNC1=O. The Labute approximate surface area is 265 Å². The molecule has 0 spiro atoms. The van der Waals surface area contributed by atoms with Crippen LogP contribution in [0.25, 0.3) is 10.8 Å². The van der Waals surface area contributed by atoms with Crippen molar-refractivity contribution in [3.8, 4) is 0 Å². The fraction of sp³-hybridized carbons (Fsp3) is 0.432. The minimum absolute atomic E-state index is 0.0962. The molecule has 1 aliphatic rings. The van der Waals surface area contributed by atoms with E-state index in [4.69, 9.17) is 0 Å². The van der Waals surface area contributed by atoms with Gasteiger partial charge in [0.15, 0.2) is 5.78 Å². The van der Waals surface area contributed by atoms with Crippen LogP contribution in [0.2, 0.25) is 0 Å². The smallest absolute Gasteiger partial charge is 0.225 e. The first-order valence-electron chi connectivity index (χ1n) is 15.9. The molecular formula is C37H45N3O5. The second kappa shape index (κ2) is 15.1. The van der Waals surface area contributed by atoms with Crippen LogP contribution in [0.15, 0.2) is 72.8 Å². The van der Waals surface area contributed by atoms with Gasteiger partial charge in [0.05, 0.1) is 18.5 Å². The fourth-order valence-corrected chi connectivity index (χ4v) is 6.39. The van der Waals surface area contributed by atoms with Crippen molar-refractivity contribution in [2.75, 3.05) is 6.54 Å². The summed E-state index contributed by atoms with van der Waals surface area (Å²) >= 11 is 0. The van der Waals surface area contributed by atoms with Crippen LogP contribution in [-0.2, 0) is 36.8 Å². The average molecular weight is 612 g/mol. The maximum Gasteiger partial charge on any atom is 0.225 e. The second-order valence-electron chi connectivity index (χ2n) is 13.2. The molecule has 4 atom stereocenters. The zero-order valence-corrected chi connectivity index (χ0v) is 26.7. The topological polar surface area (TPSA) is 121 Å². The maximum atomic E-state index is 14.1. The number of ketones is 1. The zero-order chi connectivity index (χ0) is 32.6. The van der Waals surface area contributed by atoms with Crippen LogP contribution in [-0.4, -0.2) is 48.4 Å². The Hall–Kier alpha value is -4.33. The number of Topliss-reactive ketones (excluding diaryl/α,β-unsaturated/α-hetero) is 1. The maximum absolute atomic E-state index is 14.1. The van der Waals surface area contributed by atoms with Gasteiger partial charge in [0, 0.05) is 36.6 Å². The summed E-state index contributed by atoms with van der Waals surface area (Å²) in [5.41, 5.74) is 0.947. The molecule has 1 aliphatic heterocycles. The van der Waals surface area contributed by atoms with E-state index in [0.717, 1.165) is 21.9 Å². The normalized spacial score (nSPS) is 16.9. The van der Waals surface area contributed by atoms with Crippen molar-refractivity contribution in [1.82, 2.24) is 16.0 Å². The number of nitrogens with one attached hydrogen (secondary N) is 3. The minimum Gasteiger partial charge on any atom is -0.356 e. The summed E-state index contributed by atoms with van der Waals surface area (Å²) in [5, 5.41) is 10.7. The van der Waals surface area contributed by atoms with Crippen LogP contribution in [0.3, 0.4) is 0 Å². The quantitative estimate of drug-likeness (QED) is 0.217. The second-order valence-corrected chi connectivity index (χ2v) is 13.2. The fourth-order valence-electron chi connectivity index (χ4n) is 6.39. The molecule has 238 valence electrons. The number of aldehydes is 1. The highest BCUT2D eigenvalue weighted by Gasteiger charge is 2.44. The number of amides is 3. The van der Waals surface area contributed by atoms with Gasteiger partial charge in [-0.25, -0.2) is 0 Å². The Morgan fingerprint density at radius 3 is 2.31 bits per heavy atom. The Kier molecular flexibility index (Phi) is 11.3. The summed E-state index contributed by atoms with van der Waals surface area (Å²) in [5.74, 6) is -2.08. The van der Waals surface area contributed by atoms with E-state index in [9.17, 15) is 24.0 Å². The third-order valence-corrected chi connectivity index (χ3v) is 8.99. The number of carbonyl (C=O) groups is 5. The first-order chi connectivity index (χ1) is 21.5. The molecule has 0 saturated carbocycles. The van der Waals surface area contributed by atoms with Gasteiger partial charge in [-0.2, -0.15) is 0 Å².